The summed E-state index contributed by atoms with van der Waals surface area (Å²) in [7, 11) is 0. The molecule has 2 unspecified atom stereocenters. The van der Waals surface area contributed by atoms with Crippen molar-refractivity contribution < 1.29 is 14.6 Å². The van der Waals surface area contributed by atoms with Gasteiger partial charge in [0.05, 0.1) is 6.61 Å². The number of carboxylic acid groups (broad SMARTS) is 1. The number of ether oxygens (including phenoxy) is 1. The van der Waals surface area contributed by atoms with Gasteiger partial charge in [0.2, 0.25) is 0 Å². The van der Waals surface area contributed by atoms with Crippen LogP contribution in [0.3, 0.4) is 0 Å². The van der Waals surface area contributed by atoms with Crippen molar-refractivity contribution in [1.82, 2.24) is 0 Å². The van der Waals surface area contributed by atoms with E-state index in [1.807, 2.05) is 13.0 Å². The highest BCUT2D eigenvalue weighted by Gasteiger charge is 2.37. The van der Waals surface area contributed by atoms with E-state index >= 15 is 0 Å². The number of allylic oxidation sites excluding steroid dienone is 8. The van der Waals surface area contributed by atoms with Gasteiger partial charge in [-0.3, -0.25) is 0 Å². The summed E-state index contributed by atoms with van der Waals surface area (Å²) >= 11 is 0. The molecule has 0 amide bonds. The first kappa shape index (κ1) is 24.2. The quantitative estimate of drug-likeness (QED) is 0.321. The second kappa shape index (κ2) is 10.8. The van der Waals surface area contributed by atoms with E-state index in [0.29, 0.717) is 17.8 Å². The van der Waals surface area contributed by atoms with Crippen LogP contribution in [-0.4, -0.2) is 17.7 Å². The molecule has 3 nitrogen and oxygen atoms in total. The van der Waals surface area contributed by atoms with Gasteiger partial charge in [0.25, 0.3) is 0 Å². The van der Waals surface area contributed by atoms with Crippen LogP contribution in [0.15, 0.2) is 57.9 Å². The molecule has 0 aliphatic heterocycles. The molecule has 30 heavy (non-hydrogen) atoms. The lowest BCUT2D eigenvalue weighted by molar-refractivity contribution is -0.131. The molecule has 2 rings (SSSR count). The summed E-state index contributed by atoms with van der Waals surface area (Å²) in [6.45, 7) is 16.2. The molecule has 166 valence electrons. The van der Waals surface area contributed by atoms with E-state index in [-0.39, 0.29) is 5.92 Å². The van der Waals surface area contributed by atoms with Crippen molar-refractivity contribution in [2.75, 3.05) is 6.61 Å². The Labute approximate surface area is 183 Å². The van der Waals surface area contributed by atoms with Crippen LogP contribution in [0.2, 0.25) is 0 Å². The Balaban J connectivity index is 2.57. The Morgan fingerprint density at radius 3 is 2.50 bits per heavy atom. The van der Waals surface area contributed by atoms with Crippen molar-refractivity contribution in [3.05, 3.63) is 57.9 Å². The van der Waals surface area contributed by atoms with Gasteiger partial charge in [0, 0.05) is 12.0 Å². The van der Waals surface area contributed by atoms with Gasteiger partial charge in [-0.15, -0.1) is 0 Å². The largest absolute Gasteiger partial charge is 0.497 e. The second-order valence-corrected chi connectivity index (χ2v) is 9.35. The number of aliphatic carboxylic acids is 1. The molecular formula is C27H40O3. The monoisotopic (exact) mass is 412 g/mol. The van der Waals surface area contributed by atoms with Crippen LogP contribution in [0, 0.1) is 23.7 Å². The fourth-order valence-corrected chi connectivity index (χ4v) is 4.78. The molecule has 0 bridgehead atoms. The second-order valence-electron chi connectivity index (χ2n) is 9.35. The molecule has 1 N–H and O–H groups in total. The Bertz CT molecular complexity index is 787. The van der Waals surface area contributed by atoms with Crippen molar-refractivity contribution in [1.29, 1.82) is 0 Å². The molecule has 0 saturated heterocycles. The van der Waals surface area contributed by atoms with Gasteiger partial charge in [0.15, 0.2) is 0 Å². The molecule has 2 aliphatic rings. The van der Waals surface area contributed by atoms with Crippen molar-refractivity contribution in [3.8, 4) is 0 Å². The SMILES string of the molecule is CCCOC1=C(C(C)C)C=C(C(C)C)C(C)C1C1=C(/C=C/C(C)=C/C(=O)O)CCC1. The van der Waals surface area contributed by atoms with Gasteiger partial charge < -0.3 is 9.84 Å². The summed E-state index contributed by atoms with van der Waals surface area (Å²) in [6.07, 6.45) is 12.1. The molecule has 0 saturated carbocycles. The van der Waals surface area contributed by atoms with E-state index in [0.717, 1.165) is 37.9 Å². The maximum absolute atomic E-state index is 11.0. The maximum Gasteiger partial charge on any atom is 0.328 e. The number of rotatable bonds is 9. The zero-order valence-corrected chi connectivity index (χ0v) is 19.9. The first-order chi connectivity index (χ1) is 14.2. The van der Waals surface area contributed by atoms with Gasteiger partial charge in [-0.1, -0.05) is 70.9 Å². The van der Waals surface area contributed by atoms with E-state index < -0.39 is 5.97 Å². The minimum Gasteiger partial charge on any atom is -0.497 e. The molecule has 0 fully saturated rings. The lowest BCUT2D eigenvalue weighted by atomic mass is 9.70. The predicted molar refractivity (Wildman–Crippen MR) is 125 cm³/mol. The molecule has 0 aromatic rings. The highest BCUT2D eigenvalue weighted by Crippen LogP contribution is 2.48. The molecule has 3 heteroatoms. The van der Waals surface area contributed by atoms with Crippen LogP contribution in [0.4, 0.5) is 0 Å². The fraction of sp³-hybridized carbons (Fsp3) is 0.593. The molecule has 0 aromatic heterocycles. The summed E-state index contributed by atoms with van der Waals surface area (Å²) in [4.78, 5) is 11.0. The minimum atomic E-state index is -0.898. The summed E-state index contributed by atoms with van der Waals surface area (Å²) in [6, 6.07) is 0. The molecule has 2 atom stereocenters. The smallest absolute Gasteiger partial charge is 0.328 e. The summed E-state index contributed by atoms with van der Waals surface area (Å²) in [5, 5.41) is 8.99. The average Bonchev–Trinajstić information content (AvgIpc) is 3.11. The normalized spacial score (nSPS) is 23.2. The average molecular weight is 413 g/mol. The fourth-order valence-electron chi connectivity index (χ4n) is 4.78. The summed E-state index contributed by atoms with van der Waals surface area (Å²) < 4.78 is 6.44. The third-order valence-electron chi connectivity index (χ3n) is 6.24. The summed E-state index contributed by atoms with van der Waals surface area (Å²) in [5.74, 6) is 1.89. The molecular weight excluding hydrogens is 372 g/mol. The van der Waals surface area contributed by atoms with Crippen molar-refractivity contribution in [3.63, 3.8) is 0 Å². The number of carbonyl (C=O) groups is 1. The van der Waals surface area contributed by atoms with Crippen molar-refractivity contribution in [2.24, 2.45) is 23.7 Å². The molecule has 0 heterocycles. The highest BCUT2D eigenvalue weighted by atomic mass is 16.5. The zero-order valence-electron chi connectivity index (χ0n) is 19.9. The van der Waals surface area contributed by atoms with E-state index in [1.54, 1.807) is 0 Å². The van der Waals surface area contributed by atoms with Crippen molar-refractivity contribution >= 4 is 5.97 Å². The number of carboxylic acids is 1. The van der Waals surface area contributed by atoms with Crippen LogP contribution in [0.1, 0.15) is 74.1 Å². The minimum absolute atomic E-state index is 0.280. The Hall–Kier alpha value is -2.03. The van der Waals surface area contributed by atoms with Crippen LogP contribution >= 0.6 is 0 Å². The van der Waals surface area contributed by atoms with Gasteiger partial charge in [-0.05, 0) is 67.1 Å². The predicted octanol–water partition coefficient (Wildman–Crippen LogP) is 7.24. The molecule has 0 aromatic carbocycles. The Kier molecular flexibility index (Phi) is 8.76. The van der Waals surface area contributed by atoms with E-state index in [2.05, 4.69) is 53.7 Å². The van der Waals surface area contributed by atoms with Crippen molar-refractivity contribution in [2.45, 2.75) is 74.1 Å². The first-order valence-corrected chi connectivity index (χ1v) is 11.6. The van der Waals surface area contributed by atoms with Gasteiger partial charge in [-0.2, -0.15) is 0 Å². The number of hydrogen-bond acceptors (Lipinski definition) is 2. The standard InChI is InChI=1S/C27H40O3/c1-8-14-30-27-24(18(4)5)16-23(17(2)3)20(7)26(27)22-11-9-10-21(22)13-12-19(6)15-25(28)29/h12-13,15-18,20,26H,8-11,14H2,1-7H3,(H,28,29)/b13-12+,19-15+. The van der Waals surface area contributed by atoms with Crippen LogP contribution < -0.4 is 0 Å². The highest BCUT2D eigenvalue weighted by molar-refractivity contribution is 5.81. The first-order valence-electron chi connectivity index (χ1n) is 11.6. The molecule has 0 radical (unpaired) electrons. The summed E-state index contributed by atoms with van der Waals surface area (Å²) in [5.41, 5.74) is 6.46. The van der Waals surface area contributed by atoms with Gasteiger partial charge >= 0.3 is 5.97 Å². The Morgan fingerprint density at radius 1 is 1.23 bits per heavy atom. The lowest BCUT2D eigenvalue weighted by Crippen LogP contribution is -2.28. The lowest BCUT2D eigenvalue weighted by Gasteiger charge is -2.38. The van der Waals surface area contributed by atoms with E-state index in [1.165, 1.54) is 34.1 Å². The maximum atomic E-state index is 11.0. The third-order valence-corrected chi connectivity index (χ3v) is 6.24. The topological polar surface area (TPSA) is 46.5 Å². The van der Waals surface area contributed by atoms with Crippen LogP contribution in [0.25, 0.3) is 0 Å². The third kappa shape index (κ3) is 5.77. The van der Waals surface area contributed by atoms with Gasteiger partial charge in [-0.25, -0.2) is 4.79 Å². The van der Waals surface area contributed by atoms with E-state index in [9.17, 15) is 4.79 Å². The van der Waals surface area contributed by atoms with E-state index in [4.69, 9.17) is 9.84 Å². The number of hydrogen-bond donors (Lipinski definition) is 1. The zero-order chi connectivity index (χ0) is 22.4. The van der Waals surface area contributed by atoms with Crippen LogP contribution in [-0.2, 0) is 9.53 Å². The Morgan fingerprint density at radius 2 is 1.93 bits per heavy atom. The molecule has 2 aliphatic carbocycles. The van der Waals surface area contributed by atoms with Gasteiger partial charge in [0.1, 0.15) is 5.76 Å². The van der Waals surface area contributed by atoms with Crippen LogP contribution in [0.5, 0.6) is 0 Å². The molecule has 0 spiro atoms.